The third-order valence-corrected chi connectivity index (χ3v) is 5.74. The number of amides is 1. The Morgan fingerprint density at radius 3 is 2.70 bits per heavy atom. The van der Waals surface area contributed by atoms with Crippen LogP contribution >= 0.6 is 11.6 Å². The Balaban J connectivity index is 1.69. The lowest BCUT2D eigenvalue weighted by Crippen LogP contribution is -2.45. The number of para-hydroxylation sites is 1. The maximum absolute atomic E-state index is 12.5. The van der Waals surface area contributed by atoms with Crippen molar-refractivity contribution in [3.05, 3.63) is 58.6 Å². The summed E-state index contributed by atoms with van der Waals surface area (Å²) >= 11 is 6.03. The summed E-state index contributed by atoms with van der Waals surface area (Å²) in [4.78, 5) is 12.5. The van der Waals surface area contributed by atoms with Gasteiger partial charge in [0.2, 0.25) is 0 Å². The molecule has 2 aromatic carbocycles. The highest BCUT2D eigenvalue weighted by Crippen LogP contribution is 2.42. The van der Waals surface area contributed by atoms with Crippen molar-refractivity contribution >= 4 is 17.5 Å². The van der Waals surface area contributed by atoms with Crippen LogP contribution in [0.2, 0.25) is 5.02 Å². The Morgan fingerprint density at radius 2 is 2.00 bits per heavy atom. The summed E-state index contributed by atoms with van der Waals surface area (Å²) < 4.78 is 11.9. The molecular formula is C22H26ClNO3. The molecule has 0 saturated carbocycles. The molecular weight excluding hydrogens is 362 g/mol. The first-order valence-corrected chi connectivity index (χ1v) is 9.80. The maximum Gasteiger partial charge on any atom is 0.258 e. The summed E-state index contributed by atoms with van der Waals surface area (Å²) in [6, 6.07) is 13.2. The molecule has 1 unspecified atom stereocenters. The first kappa shape index (κ1) is 19.6. The van der Waals surface area contributed by atoms with Crippen LogP contribution in [0.1, 0.15) is 50.3 Å². The lowest BCUT2D eigenvalue weighted by Gasteiger charge is -2.41. The van der Waals surface area contributed by atoms with Crippen molar-refractivity contribution in [3.8, 4) is 11.5 Å². The monoisotopic (exact) mass is 387 g/mol. The maximum atomic E-state index is 12.5. The van der Waals surface area contributed by atoms with Crippen LogP contribution in [0.4, 0.5) is 0 Å². The summed E-state index contributed by atoms with van der Waals surface area (Å²) in [5, 5.41) is 3.81. The molecule has 1 amide bonds. The van der Waals surface area contributed by atoms with Crippen molar-refractivity contribution in [2.75, 3.05) is 6.61 Å². The average Bonchev–Trinajstić information content (AvgIpc) is 2.68. The molecule has 0 bridgehead atoms. The molecule has 0 saturated heterocycles. The van der Waals surface area contributed by atoms with Crippen LogP contribution in [0.3, 0.4) is 0 Å². The second kappa shape index (κ2) is 8.22. The van der Waals surface area contributed by atoms with E-state index in [-0.39, 0.29) is 24.2 Å². The lowest BCUT2D eigenvalue weighted by atomic mass is 9.83. The first-order valence-electron chi connectivity index (χ1n) is 9.42. The van der Waals surface area contributed by atoms with Crippen molar-refractivity contribution in [1.29, 1.82) is 0 Å². The van der Waals surface area contributed by atoms with Gasteiger partial charge in [0.25, 0.3) is 5.91 Å². The van der Waals surface area contributed by atoms with E-state index in [9.17, 15) is 4.79 Å². The smallest absolute Gasteiger partial charge is 0.258 e. The zero-order chi connectivity index (χ0) is 19.4. The number of hydrogen-bond acceptors (Lipinski definition) is 3. The first-order chi connectivity index (χ1) is 13.0. The summed E-state index contributed by atoms with van der Waals surface area (Å²) in [5.41, 5.74) is 1.69. The van der Waals surface area contributed by atoms with Crippen LogP contribution < -0.4 is 14.8 Å². The van der Waals surface area contributed by atoms with Gasteiger partial charge < -0.3 is 14.8 Å². The van der Waals surface area contributed by atoms with E-state index in [1.165, 1.54) is 0 Å². The third-order valence-electron chi connectivity index (χ3n) is 5.32. The normalized spacial score (nSPS) is 17.6. The summed E-state index contributed by atoms with van der Waals surface area (Å²) in [5.74, 6) is 1.34. The van der Waals surface area contributed by atoms with E-state index in [0.717, 1.165) is 36.1 Å². The van der Waals surface area contributed by atoms with Gasteiger partial charge in [-0.1, -0.05) is 43.6 Å². The molecule has 0 aliphatic carbocycles. The van der Waals surface area contributed by atoms with Gasteiger partial charge in [-0.2, -0.15) is 0 Å². The van der Waals surface area contributed by atoms with Gasteiger partial charge in [0, 0.05) is 17.0 Å². The van der Waals surface area contributed by atoms with E-state index in [0.29, 0.717) is 10.8 Å². The van der Waals surface area contributed by atoms with Gasteiger partial charge in [0.15, 0.2) is 6.61 Å². The molecule has 1 aliphatic rings. The van der Waals surface area contributed by atoms with E-state index in [2.05, 4.69) is 19.2 Å². The predicted molar refractivity (Wildman–Crippen MR) is 108 cm³/mol. The fourth-order valence-corrected chi connectivity index (χ4v) is 3.64. The third kappa shape index (κ3) is 4.38. The van der Waals surface area contributed by atoms with E-state index < -0.39 is 0 Å². The Bertz CT molecular complexity index is 817. The summed E-state index contributed by atoms with van der Waals surface area (Å²) in [7, 11) is 0. The van der Waals surface area contributed by atoms with Crippen LogP contribution in [-0.4, -0.2) is 18.1 Å². The number of carbonyl (C=O) groups is 1. The fourth-order valence-electron chi connectivity index (χ4n) is 3.52. The SMILES string of the molecule is CCC1(CC)CC(NC(=O)COc2ccc(Cl)c(C)c2)c2ccccc2O1. The van der Waals surface area contributed by atoms with E-state index >= 15 is 0 Å². The predicted octanol–water partition coefficient (Wildman–Crippen LogP) is 5.23. The summed E-state index contributed by atoms with van der Waals surface area (Å²) in [6.45, 7) is 6.12. The molecule has 2 aromatic rings. The van der Waals surface area contributed by atoms with Crippen molar-refractivity contribution < 1.29 is 14.3 Å². The number of nitrogens with one attached hydrogen (secondary N) is 1. The molecule has 0 spiro atoms. The Morgan fingerprint density at radius 1 is 1.26 bits per heavy atom. The molecule has 27 heavy (non-hydrogen) atoms. The van der Waals surface area contributed by atoms with Crippen LogP contribution in [0.15, 0.2) is 42.5 Å². The quantitative estimate of drug-likeness (QED) is 0.738. The van der Waals surface area contributed by atoms with E-state index in [1.54, 1.807) is 12.1 Å². The molecule has 0 aromatic heterocycles. The zero-order valence-electron chi connectivity index (χ0n) is 16.0. The standard InChI is InChI=1S/C22H26ClNO3/c1-4-22(5-2)13-19(17-8-6-7-9-20(17)27-22)24-21(25)14-26-16-10-11-18(23)15(3)12-16/h6-12,19H,4-5,13-14H2,1-3H3,(H,24,25). The van der Waals surface area contributed by atoms with Crippen LogP contribution in [0.5, 0.6) is 11.5 Å². The number of halogens is 1. The molecule has 0 radical (unpaired) electrons. The largest absolute Gasteiger partial charge is 0.487 e. The minimum absolute atomic E-state index is 0.0359. The fraction of sp³-hybridized carbons (Fsp3) is 0.409. The highest BCUT2D eigenvalue weighted by molar-refractivity contribution is 6.31. The molecule has 1 heterocycles. The molecule has 3 rings (SSSR count). The van der Waals surface area contributed by atoms with Crippen molar-refractivity contribution in [1.82, 2.24) is 5.32 Å². The number of hydrogen-bond donors (Lipinski definition) is 1. The van der Waals surface area contributed by atoms with Crippen molar-refractivity contribution in [2.45, 2.75) is 51.7 Å². The minimum Gasteiger partial charge on any atom is -0.487 e. The van der Waals surface area contributed by atoms with Gasteiger partial charge in [-0.05, 0) is 49.6 Å². The minimum atomic E-state index is -0.250. The zero-order valence-corrected chi connectivity index (χ0v) is 16.8. The van der Waals surface area contributed by atoms with Gasteiger partial charge in [-0.25, -0.2) is 0 Å². The molecule has 144 valence electrons. The van der Waals surface area contributed by atoms with E-state index in [4.69, 9.17) is 21.1 Å². The topological polar surface area (TPSA) is 47.6 Å². The number of ether oxygens (including phenoxy) is 2. The van der Waals surface area contributed by atoms with Gasteiger partial charge in [-0.15, -0.1) is 0 Å². The molecule has 1 atom stereocenters. The number of aryl methyl sites for hydroxylation is 1. The van der Waals surface area contributed by atoms with Crippen LogP contribution in [0.25, 0.3) is 0 Å². The van der Waals surface area contributed by atoms with Crippen molar-refractivity contribution in [2.24, 2.45) is 0 Å². The van der Waals surface area contributed by atoms with E-state index in [1.807, 2.05) is 37.3 Å². The average molecular weight is 388 g/mol. The van der Waals surface area contributed by atoms with Crippen LogP contribution in [0, 0.1) is 6.92 Å². The number of fused-ring (bicyclic) bond motifs is 1. The molecule has 4 nitrogen and oxygen atoms in total. The second-order valence-electron chi connectivity index (χ2n) is 7.05. The highest BCUT2D eigenvalue weighted by Gasteiger charge is 2.38. The molecule has 1 N–H and O–H groups in total. The number of rotatable bonds is 6. The number of benzene rings is 2. The molecule has 5 heteroatoms. The molecule has 1 aliphatic heterocycles. The Kier molecular flexibility index (Phi) is 5.95. The van der Waals surface area contributed by atoms with Gasteiger partial charge in [0.05, 0.1) is 6.04 Å². The van der Waals surface area contributed by atoms with Gasteiger partial charge >= 0.3 is 0 Å². The van der Waals surface area contributed by atoms with Gasteiger partial charge in [-0.3, -0.25) is 4.79 Å². The summed E-state index contributed by atoms with van der Waals surface area (Å²) in [6.07, 6.45) is 2.54. The lowest BCUT2D eigenvalue weighted by molar-refractivity contribution is -0.124. The Labute approximate surface area is 165 Å². The highest BCUT2D eigenvalue weighted by atomic mass is 35.5. The van der Waals surface area contributed by atoms with Crippen LogP contribution in [-0.2, 0) is 4.79 Å². The van der Waals surface area contributed by atoms with Crippen molar-refractivity contribution in [3.63, 3.8) is 0 Å². The molecule has 0 fully saturated rings. The second-order valence-corrected chi connectivity index (χ2v) is 7.46. The Hall–Kier alpha value is -2.20. The number of carbonyl (C=O) groups excluding carboxylic acids is 1. The van der Waals surface area contributed by atoms with Gasteiger partial charge in [0.1, 0.15) is 17.1 Å².